The largest absolute Gasteiger partial charge is 0.481 e. The number of amides is 1. The molecule has 1 heterocycles. The van der Waals surface area contributed by atoms with Crippen molar-refractivity contribution in [1.29, 1.82) is 0 Å². The van der Waals surface area contributed by atoms with E-state index in [1.165, 1.54) is 11.3 Å². The summed E-state index contributed by atoms with van der Waals surface area (Å²) in [6, 6.07) is 1.84. The van der Waals surface area contributed by atoms with Crippen LogP contribution in [0.4, 0.5) is 0 Å². The molecule has 1 aliphatic carbocycles. The number of aliphatic carboxylic acids is 1. The predicted molar refractivity (Wildman–Crippen MR) is 71.3 cm³/mol. The summed E-state index contributed by atoms with van der Waals surface area (Å²) in [5, 5.41) is 13.7. The van der Waals surface area contributed by atoms with E-state index in [0.29, 0.717) is 24.3 Å². The van der Waals surface area contributed by atoms with Crippen LogP contribution in [0.1, 0.15) is 34.5 Å². The second kappa shape index (κ2) is 6.16. The molecular formula is C13H17NO4S. The molecule has 1 amide bonds. The van der Waals surface area contributed by atoms with Crippen LogP contribution in [0.5, 0.6) is 0 Å². The Kier molecular flexibility index (Phi) is 4.55. The van der Waals surface area contributed by atoms with E-state index in [9.17, 15) is 9.59 Å². The molecular weight excluding hydrogens is 266 g/mol. The minimum absolute atomic E-state index is 0.0360. The molecule has 1 saturated carbocycles. The Balaban J connectivity index is 1.94. The van der Waals surface area contributed by atoms with Crippen LogP contribution >= 0.6 is 11.3 Å². The zero-order valence-corrected chi connectivity index (χ0v) is 11.5. The first kappa shape index (κ1) is 14.0. The Morgan fingerprint density at radius 2 is 2.32 bits per heavy atom. The summed E-state index contributed by atoms with van der Waals surface area (Å²) in [4.78, 5) is 23.7. The molecule has 0 spiro atoms. The average molecular weight is 283 g/mol. The number of carboxylic acids is 1. The van der Waals surface area contributed by atoms with Crippen LogP contribution in [0.2, 0.25) is 0 Å². The molecule has 0 bridgehead atoms. The monoisotopic (exact) mass is 283 g/mol. The molecule has 0 saturated heterocycles. The number of hydrogen-bond donors (Lipinski definition) is 2. The number of carboxylic acid groups (broad SMARTS) is 1. The summed E-state index contributed by atoms with van der Waals surface area (Å²) in [5.41, 5.74) is 0.873. The van der Waals surface area contributed by atoms with Crippen LogP contribution in [-0.4, -0.2) is 30.1 Å². The molecule has 104 valence electrons. The predicted octanol–water partition coefficient (Wildman–Crippen LogP) is 1.88. The third kappa shape index (κ3) is 3.33. The smallest absolute Gasteiger partial charge is 0.306 e. The SMILES string of the molecule is COCc1ccsc1C(=O)N[C@H]1CC[C@@H](C(=O)O)C1. The Bertz CT molecular complexity index is 471. The fourth-order valence-electron chi connectivity index (χ4n) is 2.39. The van der Waals surface area contributed by atoms with E-state index in [1.54, 1.807) is 7.11 Å². The van der Waals surface area contributed by atoms with Gasteiger partial charge < -0.3 is 15.2 Å². The topological polar surface area (TPSA) is 75.6 Å². The lowest BCUT2D eigenvalue weighted by molar-refractivity contribution is -0.141. The lowest BCUT2D eigenvalue weighted by Gasteiger charge is -2.12. The van der Waals surface area contributed by atoms with E-state index in [2.05, 4.69) is 5.32 Å². The lowest BCUT2D eigenvalue weighted by atomic mass is 10.1. The normalized spacial score (nSPS) is 22.4. The second-order valence-corrected chi connectivity index (χ2v) is 5.64. The van der Waals surface area contributed by atoms with E-state index in [1.807, 2.05) is 11.4 Å². The quantitative estimate of drug-likeness (QED) is 0.865. The molecule has 0 aliphatic heterocycles. The van der Waals surface area contributed by atoms with Gasteiger partial charge >= 0.3 is 5.97 Å². The van der Waals surface area contributed by atoms with Crippen molar-refractivity contribution in [3.8, 4) is 0 Å². The Morgan fingerprint density at radius 1 is 1.53 bits per heavy atom. The highest BCUT2D eigenvalue weighted by atomic mass is 32.1. The minimum Gasteiger partial charge on any atom is -0.481 e. The van der Waals surface area contributed by atoms with Gasteiger partial charge in [0.15, 0.2) is 0 Å². The van der Waals surface area contributed by atoms with Crippen LogP contribution in [-0.2, 0) is 16.1 Å². The number of hydrogen-bond acceptors (Lipinski definition) is 4. The summed E-state index contributed by atoms with van der Waals surface area (Å²) in [6.07, 6.45) is 1.88. The molecule has 5 nitrogen and oxygen atoms in total. The number of methoxy groups -OCH3 is 1. The summed E-state index contributed by atoms with van der Waals surface area (Å²) < 4.78 is 5.04. The Morgan fingerprint density at radius 3 is 2.95 bits per heavy atom. The zero-order valence-electron chi connectivity index (χ0n) is 10.7. The lowest BCUT2D eigenvalue weighted by Crippen LogP contribution is -2.33. The van der Waals surface area contributed by atoms with Gasteiger partial charge in [0, 0.05) is 18.7 Å². The van der Waals surface area contributed by atoms with Crippen molar-refractivity contribution >= 4 is 23.2 Å². The highest BCUT2D eigenvalue weighted by Gasteiger charge is 2.31. The van der Waals surface area contributed by atoms with Gasteiger partial charge in [-0.1, -0.05) is 0 Å². The summed E-state index contributed by atoms with van der Waals surface area (Å²) in [7, 11) is 1.59. The van der Waals surface area contributed by atoms with Gasteiger partial charge in [0.1, 0.15) is 0 Å². The van der Waals surface area contributed by atoms with Crippen LogP contribution in [0.25, 0.3) is 0 Å². The van der Waals surface area contributed by atoms with Gasteiger partial charge in [-0.2, -0.15) is 0 Å². The molecule has 6 heteroatoms. The molecule has 1 aliphatic rings. The zero-order chi connectivity index (χ0) is 13.8. The second-order valence-electron chi connectivity index (χ2n) is 4.73. The van der Waals surface area contributed by atoms with Crippen molar-refractivity contribution in [3.05, 3.63) is 21.9 Å². The number of thiophene rings is 1. The molecule has 1 aromatic heterocycles. The van der Waals surface area contributed by atoms with Gasteiger partial charge in [0.05, 0.1) is 17.4 Å². The Labute approximate surface area is 115 Å². The summed E-state index contributed by atoms with van der Waals surface area (Å²) in [6.45, 7) is 0.411. The van der Waals surface area contributed by atoms with Crippen LogP contribution < -0.4 is 5.32 Å². The molecule has 1 aromatic rings. The van der Waals surface area contributed by atoms with E-state index >= 15 is 0 Å². The molecule has 19 heavy (non-hydrogen) atoms. The van der Waals surface area contributed by atoms with Crippen molar-refractivity contribution in [1.82, 2.24) is 5.32 Å². The number of rotatable bonds is 5. The van der Waals surface area contributed by atoms with Gasteiger partial charge in [-0.25, -0.2) is 0 Å². The molecule has 2 atom stereocenters. The first-order valence-corrected chi connectivity index (χ1v) is 7.08. The minimum atomic E-state index is -0.770. The van der Waals surface area contributed by atoms with Gasteiger partial charge in [-0.05, 0) is 30.7 Å². The maximum atomic E-state index is 12.1. The standard InChI is InChI=1S/C13H17NO4S/c1-18-7-9-4-5-19-11(9)12(15)14-10-3-2-8(6-10)13(16)17/h4-5,8,10H,2-3,6-7H2,1H3,(H,14,15)(H,16,17)/t8-,10+/m1/s1. The molecule has 2 rings (SSSR count). The van der Waals surface area contributed by atoms with Crippen LogP contribution in [0.3, 0.4) is 0 Å². The van der Waals surface area contributed by atoms with E-state index in [-0.39, 0.29) is 17.9 Å². The first-order chi connectivity index (χ1) is 9.11. The molecule has 0 radical (unpaired) electrons. The van der Waals surface area contributed by atoms with E-state index in [4.69, 9.17) is 9.84 Å². The van der Waals surface area contributed by atoms with Crippen LogP contribution in [0.15, 0.2) is 11.4 Å². The first-order valence-electron chi connectivity index (χ1n) is 6.20. The van der Waals surface area contributed by atoms with Crippen molar-refractivity contribution in [2.75, 3.05) is 7.11 Å². The Hall–Kier alpha value is -1.40. The van der Waals surface area contributed by atoms with Gasteiger partial charge in [-0.15, -0.1) is 11.3 Å². The van der Waals surface area contributed by atoms with Gasteiger partial charge in [0.2, 0.25) is 0 Å². The molecule has 2 N–H and O–H groups in total. The molecule has 1 fully saturated rings. The number of nitrogens with one attached hydrogen (secondary N) is 1. The average Bonchev–Trinajstić information content (AvgIpc) is 2.98. The summed E-state index contributed by atoms with van der Waals surface area (Å²) >= 11 is 1.38. The maximum absolute atomic E-state index is 12.1. The van der Waals surface area contributed by atoms with Crippen molar-refractivity contribution < 1.29 is 19.4 Å². The van der Waals surface area contributed by atoms with Crippen LogP contribution in [0, 0.1) is 5.92 Å². The van der Waals surface area contributed by atoms with Gasteiger partial charge in [0.25, 0.3) is 5.91 Å². The van der Waals surface area contributed by atoms with Crippen molar-refractivity contribution in [2.45, 2.75) is 31.9 Å². The van der Waals surface area contributed by atoms with E-state index in [0.717, 1.165) is 12.0 Å². The number of ether oxygens (including phenoxy) is 1. The maximum Gasteiger partial charge on any atom is 0.306 e. The number of carbonyl (C=O) groups is 2. The molecule has 0 aromatic carbocycles. The number of carbonyl (C=O) groups excluding carboxylic acids is 1. The van der Waals surface area contributed by atoms with Crippen molar-refractivity contribution in [3.63, 3.8) is 0 Å². The molecule has 0 unspecified atom stereocenters. The summed E-state index contributed by atoms with van der Waals surface area (Å²) in [5.74, 6) is -1.22. The third-order valence-electron chi connectivity index (χ3n) is 3.37. The third-order valence-corrected chi connectivity index (χ3v) is 4.33. The highest BCUT2D eigenvalue weighted by molar-refractivity contribution is 7.12. The fourth-order valence-corrected chi connectivity index (χ4v) is 3.20. The highest BCUT2D eigenvalue weighted by Crippen LogP contribution is 2.26. The fraction of sp³-hybridized carbons (Fsp3) is 0.538. The van der Waals surface area contributed by atoms with E-state index < -0.39 is 5.97 Å². The van der Waals surface area contributed by atoms with Crippen molar-refractivity contribution in [2.24, 2.45) is 5.92 Å². The van der Waals surface area contributed by atoms with Gasteiger partial charge in [-0.3, -0.25) is 9.59 Å².